The van der Waals surface area contributed by atoms with Crippen molar-refractivity contribution in [1.29, 1.82) is 0 Å². The minimum Gasteiger partial charge on any atom is -0.505 e. The van der Waals surface area contributed by atoms with Gasteiger partial charge in [-0.15, -0.1) is 0 Å². The summed E-state index contributed by atoms with van der Waals surface area (Å²) < 4.78 is 13.8. The van der Waals surface area contributed by atoms with Crippen LogP contribution in [0, 0.1) is 11.2 Å². The van der Waals surface area contributed by atoms with E-state index >= 15 is 0 Å². The lowest BCUT2D eigenvalue weighted by molar-refractivity contribution is 0.431. The fourth-order valence-corrected chi connectivity index (χ4v) is 2.91. The molecule has 0 aromatic heterocycles. The largest absolute Gasteiger partial charge is 0.505 e. The van der Waals surface area contributed by atoms with Crippen LogP contribution in [-0.2, 0) is 0 Å². The number of rotatable bonds is 2. The van der Waals surface area contributed by atoms with E-state index in [9.17, 15) is 9.50 Å². The molecule has 24 heavy (non-hydrogen) atoms. The molecule has 0 saturated heterocycles. The summed E-state index contributed by atoms with van der Waals surface area (Å²) >= 11 is 5.98. The maximum atomic E-state index is 13.8. The van der Waals surface area contributed by atoms with Crippen LogP contribution in [0.15, 0.2) is 47.6 Å². The normalized spacial score (nSPS) is 18.0. The molecular formula is C19H20ClFN2O. The third-order valence-corrected chi connectivity index (χ3v) is 4.48. The van der Waals surface area contributed by atoms with Gasteiger partial charge in [-0.1, -0.05) is 38.4 Å². The zero-order valence-corrected chi connectivity index (χ0v) is 14.7. The van der Waals surface area contributed by atoms with Crippen molar-refractivity contribution in [1.82, 2.24) is 0 Å². The molecule has 1 aliphatic heterocycles. The maximum Gasteiger partial charge on any atom is 0.165 e. The average Bonchev–Trinajstić information content (AvgIpc) is 2.96. The van der Waals surface area contributed by atoms with Crippen LogP contribution in [0.4, 0.5) is 10.1 Å². The fourth-order valence-electron chi connectivity index (χ4n) is 2.79. The van der Waals surface area contributed by atoms with Crippen LogP contribution >= 0.6 is 11.6 Å². The van der Waals surface area contributed by atoms with Crippen molar-refractivity contribution in [3.8, 4) is 5.75 Å². The Morgan fingerprint density at radius 1 is 1.17 bits per heavy atom. The van der Waals surface area contributed by atoms with Crippen LogP contribution in [-0.4, -0.2) is 10.8 Å². The lowest BCUT2D eigenvalue weighted by Crippen LogP contribution is -2.19. The SMILES string of the molecule is CC(C)(C)C1=NN(c2ccc(Cl)cc2)C(c2ccc(O)c(F)c2)C1. The molecule has 0 spiro atoms. The Kier molecular flexibility index (Phi) is 4.26. The summed E-state index contributed by atoms with van der Waals surface area (Å²) in [6, 6.07) is 11.8. The number of hydrogen-bond acceptors (Lipinski definition) is 3. The zero-order valence-electron chi connectivity index (χ0n) is 13.9. The van der Waals surface area contributed by atoms with E-state index in [1.165, 1.54) is 12.1 Å². The quantitative estimate of drug-likeness (QED) is 0.775. The van der Waals surface area contributed by atoms with Gasteiger partial charge in [-0.05, 0) is 42.0 Å². The van der Waals surface area contributed by atoms with Crippen molar-refractivity contribution in [2.75, 3.05) is 5.01 Å². The molecular weight excluding hydrogens is 327 g/mol. The number of benzene rings is 2. The summed E-state index contributed by atoms with van der Waals surface area (Å²) in [6.07, 6.45) is 0.705. The number of anilines is 1. The summed E-state index contributed by atoms with van der Waals surface area (Å²) in [5.41, 5.74) is 2.66. The smallest absolute Gasteiger partial charge is 0.165 e. The van der Waals surface area contributed by atoms with Gasteiger partial charge in [-0.3, -0.25) is 5.01 Å². The molecule has 3 nitrogen and oxygen atoms in total. The molecule has 2 aromatic rings. The number of hydrogen-bond donors (Lipinski definition) is 1. The van der Waals surface area contributed by atoms with Crippen molar-refractivity contribution in [3.05, 3.63) is 58.9 Å². The zero-order chi connectivity index (χ0) is 17.5. The first-order chi connectivity index (χ1) is 11.3. The standard InChI is InChI=1S/C19H20ClFN2O/c1-19(2,3)18-11-16(12-4-9-17(24)15(21)10-12)23(22-18)14-7-5-13(20)6-8-14/h4-10,16,24H,11H2,1-3H3. The highest BCUT2D eigenvalue weighted by Crippen LogP contribution is 2.40. The van der Waals surface area contributed by atoms with Crippen LogP contribution < -0.4 is 5.01 Å². The first kappa shape index (κ1) is 16.8. The van der Waals surface area contributed by atoms with Gasteiger partial charge in [0.05, 0.1) is 11.7 Å². The third-order valence-electron chi connectivity index (χ3n) is 4.22. The van der Waals surface area contributed by atoms with E-state index in [-0.39, 0.29) is 17.2 Å². The Hall–Kier alpha value is -2.07. The number of phenolic OH excluding ortho intramolecular Hbond substituents is 1. The second-order valence-electron chi connectivity index (χ2n) is 7.05. The van der Waals surface area contributed by atoms with Gasteiger partial charge in [0, 0.05) is 22.6 Å². The van der Waals surface area contributed by atoms with Gasteiger partial charge in [0.2, 0.25) is 0 Å². The van der Waals surface area contributed by atoms with E-state index in [1.54, 1.807) is 6.07 Å². The van der Waals surface area contributed by atoms with E-state index in [0.717, 1.165) is 17.0 Å². The van der Waals surface area contributed by atoms with Crippen molar-refractivity contribution >= 4 is 23.0 Å². The summed E-state index contributed by atoms with van der Waals surface area (Å²) in [4.78, 5) is 0. The van der Waals surface area contributed by atoms with E-state index in [4.69, 9.17) is 16.7 Å². The van der Waals surface area contributed by atoms with Crippen LogP contribution in [0.5, 0.6) is 5.75 Å². The molecule has 1 heterocycles. The predicted molar refractivity (Wildman–Crippen MR) is 96.2 cm³/mol. The van der Waals surface area contributed by atoms with Crippen LogP contribution in [0.3, 0.4) is 0 Å². The highest BCUT2D eigenvalue weighted by Gasteiger charge is 2.34. The topological polar surface area (TPSA) is 35.8 Å². The minimum absolute atomic E-state index is 0.0745. The summed E-state index contributed by atoms with van der Waals surface area (Å²) in [5, 5.41) is 16.8. The van der Waals surface area contributed by atoms with Gasteiger partial charge in [-0.2, -0.15) is 5.10 Å². The Balaban J connectivity index is 2.03. The van der Waals surface area contributed by atoms with E-state index in [2.05, 4.69) is 20.8 Å². The van der Waals surface area contributed by atoms with Gasteiger partial charge in [0.25, 0.3) is 0 Å². The van der Waals surface area contributed by atoms with Crippen LogP contribution in [0.2, 0.25) is 5.02 Å². The van der Waals surface area contributed by atoms with Gasteiger partial charge >= 0.3 is 0 Å². The molecule has 0 fully saturated rings. The van der Waals surface area contributed by atoms with Gasteiger partial charge in [0.1, 0.15) is 0 Å². The Bertz CT molecular complexity index is 781. The molecule has 1 N–H and O–H groups in total. The predicted octanol–water partition coefficient (Wildman–Crippen LogP) is 5.54. The highest BCUT2D eigenvalue weighted by molar-refractivity contribution is 6.30. The van der Waals surface area contributed by atoms with Crippen molar-refractivity contribution < 1.29 is 9.50 Å². The van der Waals surface area contributed by atoms with Crippen molar-refractivity contribution in [2.45, 2.75) is 33.2 Å². The molecule has 3 rings (SSSR count). The number of hydrazone groups is 1. The fraction of sp³-hybridized carbons (Fsp3) is 0.316. The number of phenols is 1. The number of aromatic hydroxyl groups is 1. The highest BCUT2D eigenvalue weighted by atomic mass is 35.5. The Morgan fingerprint density at radius 3 is 2.42 bits per heavy atom. The van der Waals surface area contributed by atoms with E-state index < -0.39 is 5.82 Å². The lowest BCUT2D eigenvalue weighted by Gasteiger charge is -2.24. The van der Waals surface area contributed by atoms with E-state index in [0.29, 0.717) is 11.4 Å². The molecule has 5 heteroatoms. The van der Waals surface area contributed by atoms with Crippen LogP contribution in [0.25, 0.3) is 0 Å². The molecule has 2 aromatic carbocycles. The molecule has 1 atom stereocenters. The summed E-state index contributed by atoms with van der Waals surface area (Å²) in [7, 11) is 0. The number of halogens is 2. The maximum absolute atomic E-state index is 13.8. The Morgan fingerprint density at radius 2 is 1.83 bits per heavy atom. The third kappa shape index (κ3) is 3.24. The molecule has 0 saturated carbocycles. The molecule has 0 aliphatic carbocycles. The Labute approximate surface area is 146 Å². The number of nitrogens with zero attached hydrogens (tertiary/aromatic N) is 2. The molecule has 126 valence electrons. The summed E-state index contributed by atoms with van der Waals surface area (Å²) in [5.74, 6) is -0.959. The first-order valence-electron chi connectivity index (χ1n) is 7.87. The molecule has 1 unspecified atom stereocenters. The molecule has 0 bridgehead atoms. The second kappa shape index (κ2) is 6.10. The van der Waals surface area contributed by atoms with E-state index in [1.807, 2.05) is 29.3 Å². The van der Waals surface area contributed by atoms with Crippen molar-refractivity contribution in [2.24, 2.45) is 10.5 Å². The van der Waals surface area contributed by atoms with Crippen molar-refractivity contribution in [3.63, 3.8) is 0 Å². The summed E-state index contributed by atoms with van der Waals surface area (Å²) in [6.45, 7) is 6.35. The average molecular weight is 347 g/mol. The lowest BCUT2D eigenvalue weighted by atomic mass is 9.86. The van der Waals surface area contributed by atoms with Gasteiger partial charge < -0.3 is 5.11 Å². The molecule has 0 amide bonds. The second-order valence-corrected chi connectivity index (χ2v) is 7.48. The van der Waals surface area contributed by atoms with Gasteiger partial charge in [0.15, 0.2) is 11.6 Å². The minimum atomic E-state index is -0.618. The molecule has 0 radical (unpaired) electrons. The van der Waals surface area contributed by atoms with Crippen LogP contribution in [0.1, 0.15) is 38.8 Å². The monoisotopic (exact) mass is 346 g/mol. The van der Waals surface area contributed by atoms with Gasteiger partial charge in [-0.25, -0.2) is 4.39 Å². The molecule has 1 aliphatic rings. The first-order valence-corrected chi connectivity index (χ1v) is 8.24.